The highest BCUT2D eigenvalue weighted by Gasteiger charge is 2.26. The zero-order valence-electron chi connectivity index (χ0n) is 10.9. The largest absolute Gasteiger partial charge is 0.478 e. The summed E-state index contributed by atoms with van der Waals surface area (Å²) in [5, 5.41) is 10.2. The highest BCUT2D eigenvalue weighted by atomic mass is 35.5. The van der Waals surface area contributed by atoms with Gasteiger partial charge in [-0.05, 0) is 18.2 Å². The minimum absolute atomic E-state index is 0.0196. The summed E-state index contributed by atoms with van der Waals surface area (Å²) in [5.74, 6) is -1.14. The molecule has 0 atom stereocenters. The van der Waals surface area contributed by atoms with Crippen molar-refractivity contribution in [3.05, 3.63) is 38.4 Å². The van der Waals surface area contributed by atoms with Gasteiger partial charge in [0.25, 0.3) is 10.0 Å². The number of carboxylic acids is 1. The van der Waals surface area contributed by atoms with Gasteiger partial charge in [-0.15, -0.1) is 22.7 Å². The van der Waals surface area contributed by atoms with Crippen LogP contribution in [-0.2, 0) is 16.6 Å². The van der Waals surface area contributed by atoms with Crippen molar-refractivity contribution in [2.45, 2.75) is 17.7 Å². The molecule has 1 N–H and O–H groups in total. The third kappa shape index (κ3) is 3.64. The molecule has 2 rings (SSSR count). The number of hydrogen-bond acceptors (Lipinski definition) is 5. The molecule has 9 heteroatoms. The van der Waals surface area contributed by atoms with Gasteiger partial charge < -0.3 is 5.11 Å². The van der Waals surface area contributed by atoms with E-state index >= 15 is 0 Å². The summed E-state index contributed by atoms with van der Waals surface area (Å²) in [6, 6.07) is 4.68. The summed E-state index contributed by atoms with van der Waals surface area (Å²) >= 11 is 8.08. The van der Waals surface area contributed by atoms with Crippen LogP contribution < -0.4 is 0 Å². The number of rotatable bonds is 6. The Morgan fingerprint density at radius 1 is 1.43 bits per heavy atom. The van der Waals surface area contributed by atoms with Crippen molar-refractivity contribution >= 4 is 50.3 Å². The molecule has 0 spiro atoms. The molecule has 0 aliphatic carbocycles. The number of thiophene rings is 2. The molecule has 0 unspecified atom stereocenters. The first-order valence-corrected chi connectivity index (χ1v) is 9.42. The lowest BCUT2D eigenvalue weighted by atomic mass is 10.4. The number of sulfonamides is 1. The molecule has 0 aliphatic rings. The van der Waals surface area contributed by atoms with Crippen molar-refractivity contribution in [2.24, 2.45) is 0 Å². The van der Waals surface area contributed by atoms with Gasteiger partial charge in [-0.2, -0.15) is 4.31 Å². The minimum atomic E-state index is -3.70. The third-order valence-corrected chi connectivity index (χ3v) is 7.28. The highest BCUT2D eigenvalue weighted by molar-refractivity contribution is 7.91. The summed E-state index contributed by atoms with van der Waals surface area (Å²) in [5.41, 5.74) is -0.0196. The SMILES string of the molecule is CCN(Cc1ccc(Cl)s1)S(=O)(=O)c1cc(C(=O)O)cs1. The van der Waals surface area contributed by atoms with Gasteiger partial charge >= 0.3 is 5.97 Å². The number of nitrogens with zero attached hydrogens (tertiary/aromatic N) is 1. The maximum absolute atomic E-state index is 12.5. The first-order chi connectivity index (χ1) is 9.84. The molecule has 0 radical (unpaired) electrons. The number of carbonyl (C=O) groups is 1. The van der Waals surface area contributed by atoms with E-state index in [0.717, 1.165) is 16.2 Å². The van der Waals surface area contributed by atoms with E-state index in [1.165, 1.54) is 27.1 Å². The Labute approximate surface area is 135 Å². The van der Waals surface area contributed by atoms with Crippen molar-refractivity contribution in [1.29, 1.82) is 0 Å². The molecule has 0 bridgehead atoms. The third-order valence-electron chi connectivity index (χ3n) is 2.73. The second kappa shape index (κ2) is 6.45. The van der Waals surface area contributed by atoms with Crippen molar-refractivity contribution in [2.75, 3.05) is 6.54 Å². The van der Waals surface area contributed by atoms with Crippen LogP contribution in [0.5, 0.6) is 0 Å². The Bertz CT molecular complexity index is 750. The monoisotopic (exact) mass is 365 g/mol. The molecule has 114 valence electrons. The summed E-state index contributed by atoms with van der Waals surface area (Å²) in [7, 11) is -3.70. The van der Waals surface area contributed by atoms with Crippen LogP contribution >= 0.6 is 34.3 Å². The zero-order valence-corrected chi connectivity index (χ0v) is 14.2. The molecule has 0 saturated carbocycles. The van der Waals surface area contributed by atoms with Crippen molar-refractivity contribution in [3.8, 4) is 0 Å². The molecule has 0 aliphatic heterocycles. The van der Waals surface area contributed by atoms with Crippen LogP contribution in [0.15, 0.2) is 27.8 Å². The van der Waals surface area contributed by atoms with Crippen molar-refractivity contribution in [1.82, 2.24) is 4.31 Å². The fourth-order valence-corrected chi connectivity index (χ4v) is 5.59. The molecule has 21 heavy (non-hydrogen) atoms. The second-order valence-electron chi connectivity index (χ2n) is 4.10. The molecule has 2 heterocycles. The standard InChI is InChI=1S/C12H12ClNO4S3/c1-2-14(6-9-3-4-10(13)20-9)21(17,18)11-5-8(7-19-11)12(15)16/h3-5,7H,2,6H2,1H3,(H,15,16). The molecule has 0 aromatic carbocycles. The van der Waals surface area contributed by atoms with Crippen LogP contribution in [0.3, 0.4) is 0 Å². The van der Waals surface area contributed by atoms with Gasteiger partial charge in [0.1, 0.15) is 4.21 Å². The number of halogens is 1. The van der Waals surface area contributed by atoms with E-state index in [4.69, 9.17) is 16.7 Å². The number of aromatic carboxylic acids is 1. The predicted molar refractivity (Wildman–Crippen MR) is 83.9 cm³/mol. The molecular formula is C12H12ClNO4S3. The van der Waals surface area contributed by atoms with Crippen molar-refractivity contribution < 1.29 is 18.3 Å². The van der Waals surface area contributed by atoms with Gasteiger partial charge in [-0.3, -0.25) is 0 Å². The Kier molecular flexibility index (Phi) is 5.05. The average molecular weight is 366 g/mol. The van der Waals surface area contributed by atoms with E-state index in [2.05, 4.69) is 0 Å². The van der Waals surface area contributed by atoms with E-state index in [1.807, 2.05) is 0 Å². The Morgan fingerprint density at radius 2 is 2.14 bits per heavy atom. The average Bonchev–Trinajstić information content (AvgIpc) is 3.04. The lowest BCUT2D eigenvalue weighted by Gasteiger charge is -2.18. The molecule has 5 nitrogen and oxygen atoms in total. The summed E-state index contributed by atoms with van der Waals surface area (Å²) in [6.45, 7) is 2.24. The van der Waals surface area contributed by atoms with Crippen LogP contribution in [0, 0.1) is 0 Å². The quantitative estimate of drug-likeness (QED) is 0.851. The van der Waals surface area contributed by atoms with Gasteiger partial charge in [-0.1, -0.05) is 18.5 Å². The number of carboxylic acid groups (broad SMARTS) is 1. The van der Waals surface area contributed by atoms with Gasteiger partial charge in [0.15, 0.2) is 0 Å². The minimum Gasteiger partial charge on any atom is -0.478 e. The fraction of sp³-hybridized carbons (Fsp3) is 0.250. The molecule has 0 fully saturated rings. The smallest absolute Gasteiger partial charge is 0.336 e. The Balaban J connectivity index is 2.28. The lowest BCUT2D eigenvalue weighted by Crippen LogP contribution is -2.29. The molecular weight excluding hydrogens is 354 g/mol. The van der Waals surface area contributed by atoms with Gasteiger partial charge in [0, 0.05) is 23.3 Å². The summed E-state index contributed by atoms with van der Waals surface area (Å²) in [4.78, 5) is 11.7. The highest BCUT2D eigenvalue weighted by Crippen LogP contribution is 2.28. The van der Waals surface area contributed by atoms with Crippen LogP contribution in [0.1, 0.15) is 22.2 Å². The molecule has 0 amide bonds. The molecule has 0 saturated heterocycles. The zero-order chi connectivity index (χ0) is 15.6. The van der Waals surface area contributed by atoms with Crippen LogP contribution in [0.4, 0.5) is 0 Å². The second-order valence-corrected chi connectivity index (χ2v) is 8.97. The van der Waals surface area contributed by atoms with Gasteiger partial charge in [0.2, 0.25) is 0 Å². The van der Waals surface area contributed by atoms with E-state index in [9.17, 15) is 13.2 Å². The Hall–Kier alpha value is -0.930. The normalized spacial score (nSPS) is 12.0. The fourth-order valence-electron chi connectivity index (χ4n) is 1.67. The lowest BCUT2D eigenvalue weighted by molar-refractivity contribution is 0.0697. The summed E-state index contributed by atoms with van der Waals surface area (Å²) in [6.07, 6.45) is 0. The maximum Gasteiger partial charge on any atom is 0.336 e. The van der Waals surface area contributed by atoms with Gasteiger partial charge in [0.05, 0.1) is 9.90 Å². The van der Waals surface area contributed by atoms with Crippen LogP contribution in [-0.4, -0.2) is 30.3 Å². The van der Waals surface area contributed by atoms with E-state index < -0.39 is 16.0 Å². The van der Waals surface area contributed by atoms with Crippen molar-refractivity contribution in [3.63, 3.8) is 0 Å². The van der Waals surface area contributed by atoms with Gasteiger partial charge in [-0.25, -0.2) is 13.2 Å². The first-order valence-electron chi connectivity index (χ1n) is 5.90. The summed E-state index contributed by atoms with van der Waals surface area (Å²) < 4.78 is 27.0. The predicted octanol–water partition coefficient (Wildman–Crippen LogP) is 3.37. The van der Waals surface area contributed by atoms with E-state index in [0.29, 0.717) is 4.34 Å². The van der Waals surface area contributed by atoms with Crippen LogP contribution in [0.2, 0.25) is 4.34 Å². The van der Waals surface area contributed by atoms with Crippen LogP contribution in [0.25, 0.3) is 0 Å². The Morgan fingerprint density at radius 3 is 2.62 bits per heavy atom. The van der Waals surface area contributed by atoms with E-state index in [-0.39, 0.29) is 22.9 Å². The topological polar surface area (TPSA) is 74.7 Å². The first kappa shape index (κ1) is 16.4. The maximum atomic E-state index is 12.5. The number of hydrogen-bond donors (Lipinski definition) is 1. The van der Waals surface area contributed by atoms with E-state index in [1.54, 1.807) is 19.1 Å². The molecule has 2 aromatic rings. The molecule has 2 aromatic heterocycles.